The summed E-state index contributed by atoms with van der Waals surface area (Å²) >= 11 is 0. The Labute approximate surface area is 86.0 Å². The molecule has 0 saturated heterocycles. The van der Waals surface area contributed by atoms with Crippen molar-refractivity contribution in [1.29, 1.82) is 0 Å². The molecule has 0 aromatic heterocycles. The number of aliphatic hydroxyl groups is 1. The van der Waals surface area contributed by atoms with E-state index in [0.717, 1.165) is 17.8 Å². The quantitative estimate of drug-likeness (QED) is 0.705. The van der Waals surface area contributed by atoms with Gasteiger partial charge in [0, 0.05) is 12.2 Å². The minimum atomic E-state index is -0.386. The highest BCUT2D eigenvalue weighted by molar-refractivity contribution is 5.46. The topological polar surface area (TPSA) is 32.3 Å². The first-order valence-electron chi connectivity index (χ1n) is 5.26. The van der Waals surface area contributed by atoms with Crippen molar-refractivity contribution in [2.24, 2.45) is 0 Å². The maximum atomic E-state index is 9.39. The molecule has 2 heteroatoms. The van der Waals surface area contributed by atoms with Crippen molar-refractivity contribution >= 4 is 5.69 Å². The highest BCUT2D eigenvalue weighted by atomic mass is 16.3. The van der Waals surface area contributed by atoms with Gasteiger partial charge in [-0.3, -0.25) is 0 Å². The SMILES string of the molecule is CCCCNc1cccc(C(C)O)c1. The van der Waals surface area contributed by atoms with Gasteiger partial charge in [0.05, 0.1) is 6.10 Å². The molecule has 0 saturated carbocycles. The number of nitrogens with one attached hydrogen (secondary N) is 1. The summed E-state index contributed by atoms with van der Waals surface area (Å²) in [6.45, 7) is 4.96. The fraction of sp³-hybridized carbons (Fsp3) is 0.500. The Kier molecular flexibility index (Phi) is 4.47. The number of benzene rings is 1. The summed E-state index contributed by atoms with van der Waals surface area (Å²) in [7, 11) is 0. The van der Waals surface area contributed by atoms with E-state index < -0.39 is 0 Å². The van der Waals surface area contributed by atoms with Gasteiger partial charge in [-0.1, -0.05) is 25.5 Å². The number of anilines is 1. The second-order valence-corrected chi connectivity index (χ2v) is 3.58. The second-order valence-electron chi connectivity index (χ2n) is 3.58. The normalized spacial score (nSPS) is 12.5. The van der Waals surface area contributed by atoms with Gasteiger partial charge in [-0.05, 0) is 31.0 Å². The largest absolute Gasteiger partial charge is 0.389 e. The molecule has 0 aliphatic carbocycles. The summed E-state index contributed by atoms with van der Waals surface area (Å²) in [4.78, 5) is 0. The summed E-state index contributed by atoms with van der Waals surface area (Å²) in [6.07, 6.45) is 1.99. The van der Waals surface area contributed by atoms with Crippen LogP contribution in [0.15, 0.2) is 24.3 Å². The molecule has 0 fully saturated rings. The van der Waals surface area contributed by atoms with Gasteiger partial charge in [0.25, 0.3) is 0 Å². The summed E-state index contributed by atoms with van der Waals surface area (Å²) < 4.78 is 0. The number of aliphatic hydroxyl groups excluding tert-OH is 1. The highest BCUT2D eigenvalue weighted by Crippen LogP contribution is 2.16. The van der Waals surface area contributed by atoms with E-state index in [9.17, 15) is 5.11 Å². The van der Waals surface area contributed by atoms with Crippen LogP contribution in [0.1, 0.15) is 38.4 Å². The van der Waals surface area contributed by atoms with E-state index in [1.165, 1.54) is 12.8 Å². The maximum absolute atomic E-state index is 9.39. The smallest absolute Gasteiger partial charge is 0.0762 e. The van der Waals surface area contributed by atoms with Crippen LogP contribution in [0.4, 0.5) is 5.69 Å². The van der Waals surface area contributed by atoms with Crippen molar-refractivity contribution in [1.82, 2.24) is 0 Å². The molecule has 1 atom stereocenters. The predicted molar refractivity (Wildman–Crippen MR) is 60.5 cm³/mol. The van der Waals surface area contributed by atoms with Gasteiger partial charge in [0.2, 0.25) is 0 Å². The maximum Gasteiger partial charge on any atom is 0.0762 e. The van der Waals surface area contributed by atoms with Crippen molar-refractivity contribution in [2.45, 2.75) is 32.8 Å². The van der Waals surface area contributed by atoms with Crippen molar-refractivity contribution < 1.29 is 5.11 Å². The molecule has 0 bridgehead atoms. The average molecular weight is 193 g/mol. The molecular formula is C12H19NO. The summed E-state index contributed by atoms with van der Waals surface area (Å²) in [5.74, 6) is 0. The predicted octanol–water partition coefficient (Wildman–Crippen LogP) is 2.95. The average Bonchev–Trinajstić information content (AvgIpc) is 2.19. The molecule has 2 nitrogen and oxygen atoms in total. The van der Waals surface area contributed by atoms with E-state index in [1.54, 1.807) is 6.92 Å². The van der Waals surface area contributed by atoms with Crippen molar-refractivity contribution in [2.75, 3.05) is 11.9 Å². The molecule has 1 aromatic rings. The Morgan fingerprint density at radius 1 is 1.43 bits per heavy atom. The monoisotopic (exact) mass is 193 g/mol. The summed E-state index contributed by atoms with van der Waals surface area (Å²) in [5.41, 5.74) is 2.06. The molecule has 0 heterocycles. The molecule has 1 unspecified atom stereocenters. The number of rotatable bonds is 5. The van der Waals surface area contributed by atoms with Crippen molar-refractivity contribution in [3.8, 4) is 0 Å². The minimum absolute atomic E-state index is 0.386. The number of hydrogen-bond acceptors (Lipinski definition) is 2. The second kappa shape index (κ2) is 5.66. The molecule has 0 aliphatic heterocycles. The van der Waals surface area contributed by atoms with E-state index in [1.807, 2.05) is 24.3 Å². The zero-order valence-corrected chi connectivity index (χ0v) is 8.96. The number of hydrogen-bond donors (Lipinski definition) is 2. The van der Waals surface area contributed by atoms with Gasteiger partial charge in [0.1, 0.15) is 0 Å². The molecule has 0 aliphatic rings. The third kappa shape index (κ3) is 3.38. The third-order valence-corrected chi connectivity index (χ3v) is 2.23. The van der Waals surface area contributed by atoms with E-state index in [2.05, 4.69) is 12.2 Å². The molecular weight excluding hydrogens is 174 g/mol. The first kappa shape index (κ1) is 11.1. The fourth-order valence-electron chi connectivity index (χ4n) is 1.32. The van der Waals surface area contributed by atoms with Crippen LogP contribution in [-0.4, -0.2) is 11.7 Å². The summed E-state index contributed by atoms with van der Waals surface area (Å²) in [6, 6.07) is 7.94. The molecule has 0 amide bonds. The van der Waals surface area contributed by atoms with Crippen molar-refractivity contribution in [3.05, 3.63) is 29.8 Å². The molecule has 1 aromatic carbocycles. The molecule has 0 spiro atoms. The number of unbranched alkanes of at least 4 members (excludes halogenated alkanes) is 1. The van der Waals surface area contributed by atoms with Gasteiger partial charge in [-0.25, -0.2) is 0 Å². The van der Waals surface area contributed by atoms with Gasteiger partial charge in [0.15, 0.2) is 0 Å². The lowest BCUT2D eigenvalue weighted by Gasteiger charge is -2.09. The van der Waals surface area contributed by atoms with Gasteiger partial charge >= 0.3 is 0 Å². The molecule has 0 radical (unpaired) electrons. The lowest BCUT2D eigenvalue weighted by molar-refractivity contribution is 0.199. The first-order chi connectivity index (χ1) is 6.74. The highest BCUT2D eigenvalue weighted by Gasteiger charge is 2.00. The Morgan fingerprint density at radius 3 is 2.86 bits per heavy atom. The van der Waals surface area contributed by atoms with Crippen LogP contribution in [-0.2, 0) is 0 Å². The lowest BCUT2D eigenvalue weighted by atomic mass is 10.1. The van der Waals surface area contributed by atoms with Gasteiger partial charge in [-0.15, -0.1) is 0 Å². The fourth-order valence-corrected chi connectivity index (χ4v) is 1.32. The molecule has 1 rings (SSSR count). The van der Waals surface area contributed by atoms with Crippen LogP contribution in [0.3, 0.4) is 0 Å². The van der Waals surface area contributed by atoms with Crippen LogP contribution >= 0.6 is 0 Å². The standard InChI is InChI=1S/C12H19NO/c1-3-4-8-13-12-7-5-6-11(9-12)10(2)14/h5-7,9-10,13-14H,3-4,8H2,1-2H3. The van der Waals surface area contributed by atoms with Gasteiger partial charge < -0.3 is 10.4 Å². The van der Waals surface area contributed by atoms with E-state index in [0.29, 0.717) is 0 Å². The van der Waals surface area contributed by atoms with Crippen LogP contribution in [0.2, 0.25) is 0 Å². The molecule has 14 heavy (non-hydrogen) atoms. The summed E-state index contributed by atoms with van der Waals surface area (Å²) in [5, 5.41) is 12.7. The minimum Gasteiger partial charge on any atom is -0.389 e. The molecule has 2 N–H and O–H groups in total. The zero-order chi connectivity index (χ0) is 10.4. The lowest BCUT2D eigenvalue weighted by Crippen LogP contribution is -2.01. The third-order valence-electron chi connectivity index (χ3n) is 2.23. The zero-order valence-electron chi connectivity index (χ0n) is 8.96. The van der Waals surface area contributed by atoms with Gasteiger partial charge in [-0.2, -0.15) is 0 Å². The Bertz CT molecular complexity index is 271. The van der Waals surface area contributed by atoms with E-state index >= 15 is 0 Å². The van der Waals surface area contributed by atoms with Crippen LogP contribution in [0, 0.1) is 0 Å². The first-order valence-corrected chi connectivity index (χ1v) is 5.26. The Balaban J connectivity index is 2.55. The van der Waals surface area contributed by atoms with E-state index in [-0.39, 0.29) is 6.10 Å². The van der Waals surface area contributed by atoms with E-state index in [4.69, 9.17) is 0 Å². The van der Waals surface area contributed by atoms with Crippen LogP contribution in [0.5, 0.6) is 0 Å². The van der Waals surface area contributed by atoms with Crippen molar-refractivity contribution in [3.63, 3.8) is 0 Å². The molecule has 78 valence electrons. The Morgan fingerprint density at radius 2 is 2.21 bits per heavy atom. The Hall–Kier alpha value is -1.02. The van der Waals surface area contributed by atoms with Crippen LogP contribution < -0.4 is 5.32 Å². The van der Waals surface area contributed by atoms with Crippen LogP contribution in [0.25, 0.3) is 0 Å².